The second-order valence-corrected chi connectivity index (χ2v) is 5.01. The molecule has 0 aliphatic rings. The van der Waals surface area contributed by atoms with E-state index in [1.807, 2.05) is 31.2 Å². The van der Waals surface area contributed by atoms with Crippen LogP contribution < -0.4 is 10.1 Å². The molecule has 5 heteroatoms. The number of para-hydroxylation sites is 1. The number of hydrogen-bond donors (Lipinski definition) is 1. The molecular formula is C17H24N2O3. The Labute approximate surface area is 131 Å². The van der Waals surface area contributed by atoms with Gasteiger partial charge in [0.2, 0.25) is 5.89 Å². The number of oxazole rings is 1. The lowest BCUT2D eigenvalue weighted by Gasteiger charge is -2.14. The fourth-order valence-electron chi connectivity index (χ4n) is 2.21. The van der Waals surface area contributed by atoms with Crippen LogP contribution in [0.15, 0.2) is 34.9 Å². The largest absolute Gasteiger partial charge is 0.493 e. The standard InChI is InChI=1S/C17H24N2O3/c1-4-13(11-20-3)18-10-14-12-22-17(19-14)15-8-6-7-9-16(15)21-5-2/h6-9,12-13,18H,4-5,10-11H2,1-3H3. The van der Waals surface area contributed by atoms with E-state index in [-0.39, 0.29) is 0 Å². The van der Waals surface area contributed by atoms with E-state index in [1.165, 1.54) is 0 Å². The molecule has 5 nitrogen and oxygen atoms in total. The molecule has 0 aliphatic heterocycles. The first-order valence-corrected chi connectivity index (χ1v) is 7.67. The van der Waals surface area contributed by atoms with Crippen LogP contribution in [0, 0.1) is 0 Å². The molecule has 1 aromatic heterocycles. The molecule has 0 spiro atoms. The highest BCUT2D eigenvalue weighted by Gasteiger charge is 2.13. The van der Waals surface area contributed by atoms with Gasteiger partial charge < -0.3 is 19.2 Å². The van der Waals surface area contributed by atoms with Gasteiger partial charge in [0.05, 0.1) is 24.5 Å². The van der Waals surface area contributed by atoms with Gasteiger partial charge in [0.25, 0.3) is 0 Å². The highest BCUT2D eigenvalue weighted by Crippen LogP contribution is 2.29. The summed E-state index contributed by atoms with van der Waals surface area (Å²) in [6, 6.07) is 8.09. The van der Waals surface area contributed by atoms with Crippen molar-refractivity contribution in [3.8, 4) is 17.2 Å². The maximum absolute atomic E-state index is 5.62. The van der Waals surface area contributed by atoms with E-state index in [1.54, 1.807) is 13.4 Å². The first-order valence-electron chi connectivity index (χ1n) is 7.67. The Morgan fingerprint density at radius 1 is 1.27 bits per heavy atom. The molecule has 2 rings (SSSR count). The number of methoxy groups -OCH3 is 1. The molecule has 0 bridgehead atoms. The van der Waals surface area contributed by atoms with Crippen LogP contribution in [0.25, 0.3) is 11.5 Å². The van der Waals surface area contributed by atoms with Crippen molar-refractivity contribution in [2.75, 3.05) is 20.3 Å². The van der Waals surface area contributed by atoms with E-state index in [9.17, 15) is 0 Å². The second-order valence-electron chi connectivity index (χ2n) is 5.01. The molecule has 0 amide bonds. The number of hydrogen-bond acceptors (Lipinski definition) is 5. The minimum absolute atomic E-state index is 0.320. The van der Waals surface area contributed by atoms with Crippen LogP contribution in [0.2, 0.25) is 0 Å². The van der Waals surface area contributed by atoms with Gasteiger partial charge in [-0.2, -0.15) is 0 Å². The van der Waals surface area contributed by atoms with Crippen molar-refractivity contribution < 1.29 is 13.9 Å². The van der Waals surface area contributed by atoms with Crippen LogP contribution in [-0.2, 0) is 11.3 Å². The molecule has 120 valence electrons. The number of ether oxygens (including phenoxy) is 2. The van der Waals surface area contributed by atoms with E-state index in [0.717, 1.165) is 23.4 Å². The molecule has 1 atom stereocenters. The van der Waals surface area contributed by atoms with Gasteiger partial charge in [-0.15, -0.1) is 0 Å². The highest BCUT2D eigenvalue weighted by atomic mass is 16.5. The zero-order valence-corrected chi connectivity index (χ0v) is 13.5. The van der Waals surface area contributed by atoms with Gasteiger partial charge in [-0.3, -0.25) is 0 Å². The third kappa shape index (κ3) is 4.32. The summed E-state index contributed by atoms with van der Waals surface area (Å²) < 4.78 is 16.4. The van der Waals surface area contributed by atoms with Crippen molar-refractivity contribution in [2.24, 2.45) is 0 Å². The van der Waals surface area contributed by atoms with Crippen LogP contribution in [0.4, 0.5) is 0 Å². The Kier molecular flexibility index (Phi) is 6.43. The van der Waals surface area contributed by atoms with Gasteiger partial charge in [0.1, 0.15) is 12.0 Å². The fraction of sp³-hybridized carbons (Fsp3) is 0.471. The fourth-order valence-corrected chi connectivity index (χ4v) is 2.21. The summed E-state index contributed by atoms with van der Waals surface area (Å²) in [7, 11) is 1.71. The normalized spacial score (nSPS) is 12.3. The third-order valence-electron chi connectivity index (χ3n) is 3.40. The first kappa shape index (κ1) is 16.5. The van der Waals surface area contributed by atoms with E-state index in [0.29, 0.717) is 31.7 Å². The maximum Gasteiger partial charge on any atom is 0.229 e. The molecule has 1 aromatic carbocycles. The summed E-state index contributed by atoms with van der Waals surface area (Å²) in [4.78, 5) is 4.54. The van der Waals surface area contributed by atoms with E-state index < -0.39 is 0 Å². The van der Waals surface area contributed by atoms with Crippen molar-refractivity contribution in [3.63, 3.8) is 0 Å². The Hall–Kier alpha value is -1.85. The van der Waals surface area contributed by atoms with Gasteiger partial charge in [0, 0.05) is 19.7 Å². The smallest absolute Gasteiger partial charge is 0.229 e. The molecule has 1 heterocycles. The van der Waals surface area contributed by atoms with Crippen molar-refractivity contribution >= 4 is 0 Å². The average molecular weight is 304 g/mol. The number of nitrogens with one attached hydrogen (secondary N) is 1. The third-order valence-corrected chi connectivity index (χ3v) is 3.40. The zero-order chi connectivity index (χ0) is 15.8. The predicted octanol–water partition coefficient (Wildman–Crippen LogP) is 3.25. The Morgan fingerprint density at radius 2 is 2.09 bits per heavy atom. The quantitative estimate of drug-likeness (QED) is 0.770. The lowest BCUT2D eigenvalue weighted by molar-refractivity contribution is 0.163. The minimum atomic E-state index is 0.320. The number of benzene rings is 1. The predicted molar refractivity (Wildman–Crippen MR) is 85.9 cm³/mol. The van der Waals surface area contributed by atoms with Crippen LogP contribution in [0.5, 0.6) is 5.75 Å². The molecule has 1 unspecified atom stereocenters. The molecule has 1 N–H and O–H groups in total. The number of rotatable bonds is 9. The number of nitrogens with zero attached hydrogens (tertiary/aromatic N) is 1. The summed E-state index contributed by atoms with van der Waals surface area (Å²) in [5.74, 6) is 1.37. The van der Waals surface area contributed by atoms with Crippen molar-refractivity contribution in [1.82, 2.24) is 10.3 Å². The molecule has 0 fully saturated rings. The van der Waals surface area contributed by atoms with Crippen LogP contribution in [0.1, 0.15) is 26.0 Å². The minimum Gasteiger partial charge on any atom is -0.493 e. The van der Waals surface area contributed by atoms with E-state index >= 15 is 0 Å². The summed E-state index contributed by atoms with van der Waals surface area (Å²) in [6.07, 6.45) is 2.69. The lowest BCUT2D eigenvalue weighted by Crippen LogP contribution is -2.32. The Balaban J connectivity index is 2.05. The molecule has 0 saturated heterocycles. The highest BCUT2D eigenvalue weighted by molar-refractivity contribution is 5.62. The Morgan fingerprint density at radius 3 is 2.82 bits per heavy atom. The summed E-state index contributed by atoms with van der Waals surface area (Å²) in [6.45, 7) is 6.05. The Bertz CT molecular complexity index is 569. The summed E-state index contributed by atoms with van der Waals surface area (Å²) in [5.41, 5.74) is 1.75. The first-order chi connectivity index (χ1) is 10.8. The van der Waals surface area contributed by atoms with Crippen molar-refractivity contribution in [3.05, 3.63) is 36.2 Å². The lowest BCUT2D eigenvalue weighted by atomic mass is 10.2. The van der Waals surface area contributed by atoms with Crippen LogP contribution in [-0.4, -0.2) is 31.3 Å². The summed E-state index contributed by atoms with van der Waals surface area (Å²) >= 11 is 0. The van der Waals surface area contributed by atoms with Crippen LogP contribution >= 0.6 is 0 Å². The molecule has 2 aromatic rings. The SMILES string of the molecule is CCOc1ccccc1-c1nc(CNC(CC)COC)co1. The monoisotopic (exact) mass is 304 g/mol. The van der Waals surface area contributed by atoms with Gasteiger partial charge >= 0.3 is 0 Å². The average Bonchev–Trinajstić information content (AvgIpc) is 3.01. The zero-order valence-electron chi connectivity index (χ0n) is 13.5. The van der Waals surface area contributed by atoms with Gasteiger partial charge in [-0.25, -0.2) is 4.98 Å². The van der Waals surface area contributed by atoms with Gasteiger partial charge in [-0.1, -0.05) is 19.1 Å². The van der Waals surface area contributed by atoms with Crippen molar-refractivity contribution in [2.45, 2.75) is 32.9 Å². The second kappa shape index (κ2) is 8.56. The molecule has 22 heavy (non-hydrogen) atoms. The number of aromatic nitrogens is 1. The van der Waals surface area contributed by atoms with E-state index in [4.69, 9.17) is 13.9 Å². The van der Waals surface area contributed by atoms with Gasteiger partial charge in [-0.05, 0) is 25.5 Å². The topological polar surface area (TPSA) is 56.5 Å². The molecule has 0 aliphatic carbocycles. The molecule has 0 saturated carbocycles. The molecule has 0 radical (unpaired) electrons. The van der Waals surface area contributed by atoms with E-state index in [2.05, 4.69) is 17.2 Å². The van der Waals surface area contributed by atoms with Crippen molar-refractivity contribution in [1.29, 1.82) is 0 Å². The van der Waals surface area contributed by atoms with Gasteiger partial charge in [0.15, 0.2) is 0 Å². The molecular weight excluding hydrogens is 280 g/mol. The van der Waals surface area contributed by atoms with Crippen LogP contribution in [0.3, 0.4) is 0 Å². The maximum atomic E-state index is 5.62. The summed E-state index contributed by atoms with van der Waals surface area (Å²) in [5, 5.41) is 3.41.